The fourth-order valence-corrected chi connectivity index (χ4v) is 9.53. The molecule has 2 amide bonds. The summed E-state index contributed by atoms with van der Waals surface area (Å²) in [5.41, 5.74) is 2.35. The van der Waals surface area contributed by atoms with Crippen molar-refractivity contribution in [2.24, 2.45) is 23.7 Å². The van der Waals surface area contributed by atoms with Crippen molar-refractivity contribution in [2.45, 2.75) is 64.8 Å². The molecule has 0 bridgehead atoms. The van der Waals surface area contributed by atoms with E-state index in [1.165, 1.54) is 38.9 Å². The minimum Gasteiger partial charge on any atom is -0.543 e. The summed E-state index contributed by atoms with van der Waals surface area (Å²) in [5.74, 6) is -1.21. The summed E-state index contributed by atoms with van der Waals surface area (Å²) < 4.78 is 0. The molecule has 4 aliphatic heterocycles. The zero-order valence-corrected chi connectivity index (χ0v) is 32.9. The van der Waals surface area contributed by atoms with Gasteiger partial charge in [0, 0.05) is 38.7 Å². The molecule has 238 valence electrons. The Morgan fingerprint density at radius 2 is 1.51 bits per heavy atom. The van der Waals surface area contributed by atoms with Crippen LogP contribution in [0.5, 0.6) is 0 Å². The third-order valence-electron chi connectivity index (χ3n) is 9.13. The molecule has 1 aliphatic carbocycles. The van der Waals surface area contributed by atoms with E-state index in [0.717, 1.165) is 16.9 Å². The predicted octanol–water partition coefficient (Wildman–Crippen LogP) is -3.96. The zero-order valence-electron chi connectivity index (χ0n) is 27.3. The number of aliphatic hydroxyl groups is 2. The third kappa shape index (κ3) is 6.96. The molecule has 2 saturated heterocycles. The van der Waals surface area contributed by atoms with Gasteiger partial charge in [0.15, 0.2) is 0 Å². The number of aliphatic carboxylic acids is 2. The van der Waals surface area contributed by atoms with E-state index < -0.39 is 36.0 Å². The molecule has 6 rings (SSSR count). The summed E-state index contributed by atoms with van der Waals surface area (Å²) in [6.07, 6.45) is 7.10. The fourth-order valence-electron chi connectivity index (χ4n) is 7.05. The molecule has 5 aliphatic rings. The molecule has 1 aromatic rings. The normalized spacial score (nSPS) is 27.8. The van der Waals surface area contributed by atoms with Gasteiger partial charge in [0.1, 0.15) is 5.70 Å². The summed E-state index contributed by atoms with van der Waals surface area (Å²) in [6.45, 7) is 6.95. The number of carbonyl (C=O) groups is 4. The number of carbonyl (C=O) groups excluding carboxylic acids is 3. The van der Waals surface area contributed by atoms with E-state index in [9.17, 15) is 39.6 Å². The zero-order chi connectivity index (χ0) is 32.9. The van der Waals surface area contributed by atoms with Crippen LogP contribution in [-0.2, 0) is 25.6 Å². The number of hydrogen-bond donors (Lipinski definition) is 3. The number of carboxylic acids is 2. The summed E-state index contributed by atoms with van der Waals surface area (Å²) in [7, 11) is 0. The molecule has 10 nitrogen and oxygen atoms in total. The molecule has 47 heavy (non-hydrogen) atoms. The maximum atomic E-state index is 12.3. The summed E-state index contributed by atoms with van der Waals surface area (Å²) >= 11 is 2.81. The maximum absolute atomic E-state index is 12.3. The molecule has 0 unspecified atom stereocenters. The van der Waals surface area contributed by atoms with Crippen LogP contribution in [0.25, 0.3) is 4.91 Å². The molecule has 14 heteroatoms. The Bertz CT molecular complexity index is 1600. The molecule has 0 spiro atoms. The number of allylic oxidation sites excluding steroid dienone is 1. The second kappa shape index (κ2) is 16.0. The van der Waals surface area contributed by atoms with Gasteiger partial charge in [-0.1, -0.05) is 56.0 Å². The van der Waals surface area contributed by atoms with Crippen molar-refractivity contribution < 1.29 is 98.7 Å². The first-order valence-electron chi connectivity index (χ1n) is 14.8. The predicted molar refractivity (Wildman–Crippen MR) is 168 cm³/mol. The summed E-state index contributed by atoms with van der Waals surface area (Å²) in [4.78, 5) is 52.5. The van der Waals surface area contributed by atoms with Crippen LogP contribution in [0.15, 0.2) is 51.5 Å². The minimum absolute atomic E-state index is 0. The largest absolute Gasteiger partial charge is 1.00 e. The van der Waals surface area contributed by atoms with E-state index in [4.69, 9.17) is 6.42 Å². The van der Waals surface area contributed by atoms with Gasteiger partial charge in [-0.3, -0.25) is 9.59 Å². The van der Waals surface area contributed by atoms with E-state index in [2.05, 4.69) is 18.1 Å². The summed E-state index contributed by atoms with van der Waals surface area (Å²) in [6, 6.07) is 7.49. The van der Waals surface area contributed by atoms with Crippen molar-refractivity contribution >= 4 is 52.2 Å². The van der Waals surface area contributed by atoms with E-state index in [0.29, 0.717) is 22.0 Å². The van der Waals surface area contributed by atoms with Gasteiger partial charge >= 0.3 is 65.1 Å². The number of β-lactam (4-membered cyclic amide) rings is 2. The molecular weight excluding hydrogens is 662 g/mol. The van der Waals surface area contributed by atoms with Gasteiger partial charge in [0.05, 0.1) is 47.8 Å². The number of hydrogen-bond acceptors (Lipinski definition) is 9. The molecular formula is C33H35N2Na2O8S2+. The monoisotopic (exact) mass is 697 g/mol. The number of benzene rings is 1. The van der Waals surface area contributed by atoms with Crippen LogP contribution in [0.2, 0.25) is 0 Å². The number of nitrogens with zero attached hydrogens (tertiary/aromatic N) is 2. The quantitative estimate of drug-likeness (QED) is 0.101. The second-order valence-electron chi connectivity index (χ2n) is 11.9. The van der Waals surface area contributed by atoms with E-state index in [1.807, 2.05) is 32.0 Å². The Morgan fingerprint density at radius 1 is 0.979 bits per heavy atom. The van der Waals surface area contributed by atoms with Gasteiger partial charge in [0.25, 0.3) is 0 Å². The van der Waals surface area contributed by atoms with Crippen LogP contribution in [0.3, 0.4) is 0 Å². The van der Waals surface area contributed by atoms with Gasteiger partial charge in [-0.25, -0.2) is 4.79 Å². The van der Waals surface area contributed by atoms with Crippen LogP contribution < -0.4 is 64.2 Å². The Balaban J connectivity index is 0.000000251. The third-order valence-corrected chi connectivity index (χ3v) is 11.8. The average Bonchev–Trinajstić information content (AvgIpc) is 3.57. The number of terminal acetylenes is 1. The maximum Gasteiger partial charge on any atom is 1.00 e. The smallest absolute Gasteiger partial charge is 0.543 e. The van der Waals surface area contributed by atoms with Gasteiger partial charge in [-0.2, -0.15) is 0 Å². The van der Waals surface area contributed by atoms with Gasteiger partial charge in [-0.05, 0) is 31.4 Å². The topological polar surface area (TPSA) is 159 Å². The van der Waals surface area contributed by atoms with Crippen molar-refractivity contribution in [3.8, 4) is 12.3 Å². The number of aliphatic hydroxyl groups excluding tert-OH is 2. The Kier molecular flexibility index (Phi) is 13.6. The fraction of sp³-hybridized carbons (Fsp3) is 0.455. The Morgan fingerprint density at radius 3 is 2.02 bits per heavy atom. The first kappa shape index (κ1) is 39.9. The first-order chi connectivity index (χ1) is 21.3. The number of thioether (sulfide) groups is 2. The minimum atomic E-state index is -1.33. The van der Waals surface area contributed by atoms with E-state index in [-0.39, 0.29) is 106 Å². The number of rotatable bonds is 9. The van der Waals surface area contributed by atoms with Crippen molar-refractivity contribution in [1.29, 1.82) is 0 Å². The number of carboxylic acid groups (broad SMARTS) is 2. The first-order valence-corrected chi connectivity index (χ1v) is 16.6. The molecule has 0 aromatic heterocycles. The van der Waals surface area contributed by atoms with Gasteiger partial charge < -0.3 is 35.0 Å². The second-order valence-corrected chi connectivity index (χ2v) is 14.1. The van der Waals surface area contributed by atoms with E-state index >= 15 is 0 Å². The van der Waals surface area contributed by atoms with Crippen molar-refractivity contribution in [2.75, 3.05) is 5.75 Å². The van der Waals surface area contributed by atoms with Crippen molar-refractivity contribution in [3.05, 3.63) is 62.7 Å². The molecule has 4 heterocycles. The molecule has 2 fully saturated rings. The van der Waals surface area contributed by atoms with Gasteiger partial charge in [0.2, 0.25) is 11.8 Å². The standard InChI is InChI=1S/C19H19NO4S.C14H17NO4S.2Na/c1-9-15-14(10(2)21)18(22)20(15)16(19(23)24)17(9)25-13-8-7-11-5-3-4-6-12(11)13;1-4-5-6-20-12-7(2)10-9(8(3)16)13(17)15(10)11(12)14(18)19;;/h3-6,8-10,14-15,21H,7H2,1-2H3,(H,23,24);1,7-10,16H,5-6H2,2-3H3,(H,18,19);;/q;;2*+1/p-1/t9-,10-,14-,15-;7-,8-,9-,10-;;/m11../s1. The van der Waals surface area contributed by atoms with Crippen molar-refractivity contribution in [1.82, 2.24) is 9.80 Å². The van der Waals surface area contributed by atoms with Crippen molar-refractivity contribution in [3.63, 3.8) is 0 Å². The Labute approximate surface area is 327 Å². The molecule has 3 N–H and O–H groups in total. The number of amides is 2. The average molecular weight is 698 g/mol. The van der Waals surface area contributed by atoms with Crippen LogP contribution in [0.1, 0.15) is 45.2 Å². The van der Waals surface area contributed by atoms with Gasteiger partial charge in [-0.15, -0.1) is 24.1 Å². The van der Waals surface area contributed by atoms with Crippen LogP contribution in [0, 0.1) is 36.0 Å². The molecule has 8 atom stereocenters. The van der Waals surface area contributed by atoms with Crippen LogP contribution >= 0.6 is 23.5 Å². The van der Waals surface area contributed by atoms with Crippen LogP contribution in [0.4, 0.5) is 0 Å². The molecule has 1 aromatic carbocycles. The van der Waals surface area contributed by atoms with E-state index in [1.54, 1.807) is 13.8 Å². The number of fused-ring (bicyclic) bond motifs is 3. The molecule has 0 radical (unpaired) electrons. The Hall–Kier alpha value is -1.50. The SMILES string of the molecule is C#CCCSC1=C(C(=O)O)N2C(=O)[C@H]([C@@H](C)O)[C@H]2[C@H]1C.C[C@@H](O)[C@H]1C(=O)N2C(C(=O)[O-])=C(SC3=CCc4ccccc43)[C@H](C)[C@H]12.[Na+].[Na+]. The molecule has 0 saturated carbocycles. The summed E-state index contributed by atoms with van der Waals surface area (Å²) in [5, 5.41) is 40.7. The van der Waals surface area contributed by atoms with Crippen LogP contribution in [-0.4, -0.2) is 78.9 Å².